The van der Waals surface area contributed by atoms with Crippen molar-refractivity contribution < 1.29 is 24.2 Å². The fourth-order valence-electron chi connectivity index (χ4n) is 4.71. The number of anilines is 1. The summed E-state index contributed by atoms with van der Waals surface area (Å²) >= 11 is 0. The van der Waals surface area contributed by atoms with Gasteiger partial charge in [-0.25, -0.2) is 4.79 Å². The van der Waals surface area contributed by atoms with Gasteiger partial charge in [0, 0.05) is 25.1 Å². The topological polar surface area (TPSA) is 123 Å². The average molecular weight is 473 g/mol. The number of ether oxygens (including phenoxy) is 1. The Bertz CT molecular complexity index is 1300. The fraction of sp³-hybridized carbons (Fsp3) is 0.231. The van der Waals surface area contributed by atoms with E-state index in [-0.39, 0.29) is 30.1 Å². The smallest absolute Gasteiger partial charge is 0.412 e. The second-order valence-corrected chi connectivity index (χ2v) is 8.63. The quantitative estimate of drug-likeness (QED) is 0.472. The average Bonchev–Trinajstić information content (AvgIpc) is 3.54. The molecule has 9 nitrogen and oxygen atoms in total. The van der Waals surface area contributed by atoms with Crippen molar-refractivity contribution in [2.75, 3.05) is 11.9 Å². The number of carboxylic acid groups (broad SMARTS) is 1. The van der Waals surface area contributed by atoms with Gasteiger partial charge in [0.15, 0.2) is 5.82 Å². The van der Waals surface area contributed by atoms with Gasteiger partial charge in [0.05, 0.1) is 5.92 Å². The molecular formula is C26H24N4O5. The van der Waals surface area contributed by atoms with Crippen LogP contribution in [0.2, 0.25) is 0 Å². The molecule has 0 radical (unpaired) electrons. The van der Waals surface area contributed by atoms with Crippen LogP contribution < -0.4 is 10.6 Å². The molecule has 0 bridgehead atoms. The van der Waals surface area contributed by atoms with Crippen LogP contribution in [0.15, 0.2) is 66.7 Å². The Hall–Kier alpha value is -4.40. The number of benzene rings is 2. The van der Waals surface area contributed by atoms with Gasteiger partial charge in [-0.2, -0.15) is 5.10 Å². The van der Waals surface area contributed by atoms with Crippen molar-refractivity contribution in [3.8, 4) is 11.1 Å². The van der Waals surface area contributed by atoms with Gasteiger partial charge >= 0.3 is 12.1 Å². The number of fused-ring (bicyclic) bond motifs is 3. The monoisotopic (exact) mass is 472 g/mol. The molecule has 0 saturated heterocycles. The van der Waals surface area contributed by atoms with Gasteiger partial charge in [-0.15, -0.1) is 0 Å². The van der Waals surface area contributed by atoms with E-state index >= 15 is 0 Å². The molecule has 2 aliphatic carbocycles. The van der Waals surface area contributed by atoms with Crippen LogP contribution in [0.1, 0.15) is 34.0 Å². The maximum atomic E-state index is 12.6. The van der Waals surface area contributed by atoms with E-state index in [0.717, 1.165) is 22.3 Å². The summed E-state index contributed by atoms with van der Waals surface area (Å²) in [6.45, 7) is 0.165. The van der Waals surface area contributed by atoms with Crippen molar-refractivity contribution in [3.05, 3.63) is 83.6 Å². The third-order valence-electron chi connectivity index (χ3n) is 6.40. The molecular weight excluding hydrogens is 448 g/mol. The van der Waals surface area contributed by atoms with Crippen molar-refractivity contribution in [3.63, 3.8) is 0 Å². The number of aromatic nitrogens is 2. The Morgan fingerprint density at radius 3 is 2.34 bits per heavy atom. The number of aryl methyl sites for hydroxylation is 1. The molecule has 0 aliphatic heterocycles. The minimum Gasteiger partial charge on any atom is -0.481 e. The van der Waals surface area contributed by atoms with Gasteiger partial charge in [-0.3, -0.25) is 19.6 Å². The Morgan fingerprint density at radius 2 is 1.71 bits per heavy atom. The zero-order valence-corrected chi connectivity index (χ0v) is 19.0. The van der Waals surface area contributed by atoms with Crippen LogP contribution in [0, 0.1) is 5.92 Å². The standard InChI is InChI=1S/C26H24N4O5/c1-30-22(24(31)27-16-11-10-15(12-16)25(32)33)13-23(29-30)28-26(34)35-14-21-19-8-4-2-6-17(19)18-7-3-5-9-20(18)21/h2-11,13,15-16,21H,12,14H2,1H3,(H,27,31)(H,32,33)(H,28,29,34). The zero-order valence-electron chi connectivity index (χ0n) is 19.0. The van der Waals surface area contributed by atoms with Gasteiger partial charge in [0.1, 0.15) is 12.3 Å². The predicted molar refractivity (Wildman–Crippen MR) is 128 cm³/mol. The minimum atomic E-state index is -0.923. The summed E-state index contributed by atoms with van der Waals surface area (Å²) in [4.78, 5) is 36.2. The predicted octanol–water partition coefficient (Wildman–Crippen LogP) is 3.54. The maximum Gasteiger partial charge on any atom is 0.412 e. The summed E-state index contributed by atoms with van der Waals surface area (Å²) in [6.07, 6.45) is 2.87. The first-order chi connectivity index (χ1) is 16.9. The lowest BCUT2D eigenvalue weighted by molar-refractivity contribution is -0.140. The molecule has 3 aromatic rings. The number of carboxylic acids is 1. The van der Waals surface area contributed by atoms with E-state index in [1.165, 1.54) is 10.7 Å². The normalized spacial score (nSPS) is 18.1. The second-order valence-electron chi connectivity index (χ2n) is 8.63. The lowest BCUT2D eigenvalue weighted by atomic mass is 9.98. The summed E-state index contributed by atoms with van der Waals surface area (Å²) in [5.74, 6) is -1.83. The van der Waals surface area contributed by atoms with E-state index < -0.39 is 23.9 Å². The maximum absolute atomic E-state index is 12.6. The van der Waals surface area contributed by atoms with Gasteiger partial charge in [0.2, 0.25) is 0 Å². The first kappa shape index (κ1) is 22.4. The number of hydrogen-bond acceptors (Lipinski definition) is 5. The molecule has 2 unspecified atom stereocenters. The molecule has 1 heterocycles. The van der Waals surface area contributed by atoms with E-state index in [1.54, 1.807) is 19.2 Å². The molecule has 3 N–H and O–H groups in total. The number of hydrogen-bond donors (Lipinski definition) is 3. The van der Waals surface area contributed by atoms with Crippen molar-refractivity contribution in [2.24, 2.45) is 13.0 Å². The minimum absolute atomic E-state index is 0.0627. The number of nitrogens with one attached hydrogen (secondary N) is 2. The van der Waals surface area contributed by atoms with Gasteiger partial charge in [-0.05, 0) is 28.7 Å². The summed E-state index contributed by atoms with van der Waals surface area (Å²) in [7, 11) is 1.59. The number of aliphatic carboxylic acids is 1. The van der Waals surface area contributed by atoms with Crippen LogP contribution in [0.25, 0.3) is 11.1 Å². The molecule has 0 spiro atoms. The molecule has 9 heteroatoms. The first-order valence-electron chi connectivity index (χ1n) is 11.3. The summed E-state index contributed by atoms with van der Waals surface area (Å²) < 4.78 is 6.88. The van der Waals surface area contributed by atoms with E-state index in [9.17, 15) is 14.4 Å². The molecule has 2 atom stereocenters. The SMILES string of the molecule is Cn1nc(NC(=O)OCC2c3ccccc3-c3ccccc32)cc1C(=O)NC1C=CC(C(=O)O)C1. The van der Waals surface area contributed by atoms with Crippen molar-refractivity contribution >= 4 is 23.8 Å². The molecule has 2 aliphatic rings. The number of carbonyl (C=O) groups is 3. The number of amides is 2. The summed E-state index contributed by atoms with van der Waals surface area (Å²) in [5.41, 5.74) is 4.74. The molecule has 0 fully saturated rings. The van der Waals surface area contributed by atoms with Gasteiger partial charge in [0.25, 0.3) is 5.91 Å². The molecule has 178 valence electrons. The van der Waals surface area contributed by atoms with E-state index in [1.807, 2.05) is 36.4 Å². The highest BCUT2D eigenvalue weighted by molar-refractivity contribution is 5.95. The van der Waals surface area contributed by atoms with Crippen LogP contribution in [0.3, 0.4) is 0 Å². The molecule has 2 aromatic carbocycles. The molecule has 5 rings (SSSR count). The Balaban J connectivity index is 1.20. The van der Waals surface area contributed by atoms with Crippen LogP contribution in [-0.4, -0.2) is 45.5 Å². The second kappa shape index (κ2) is 9.09. The largest absolute Gasteiger partial charge is 0.481 e. The van der Waals surface area contributed by atoms with Crippen molar-refractivity contribution in [2.45, 2.75) is 18.4 Å². The zero-order chi connectivity index (χ0) is 24.5. The Morgan fingerprint density at radius 1 is 1.06 bits per heavy atom. The van der Waals surface area contributed by atoms with Crippen LogP contribution in [0.5, 0.6) is 0 Å². The number of rotatable bonds is 6. The lowest BCUT2D eigenvalue weighted by Crippen LogP contribution is -2.34. The van der Waals surface area contributed by atoms with Crippen molar-refractivity contribution in [1.82, 2.24) is 15.1 Å². The van der Waals surface area contributed by atoms with Gasteiger partial charge < -0.3 is 15.2 Å². The summed E-state index contributed by atoms with van der Waals surface area (Å²) in [6, 6.07) is 17.2. The van der Waals surface area contributed by atoms with E-state index in [0.29, 0.717) is 6.42 Å². The van der Waals surface area contributed by atoms with Gasteiger partial charge in [-0.1, -0.05) is 60.7 Å². The molecule has 2 amide bonds. The Kier molecular flexibility index (Phi) is 5.82. The summed E-state index contributed by atoms with van der Waals surface area (Å²) in [5, 5.41) is 18.6. The van der Waals surface area contributed by atoms with E-state index in [4.69, 9.17) is 9.84 Å². The van der Waals surface area contributed by atoms with Crippen LogP contribution in [-0.2, 0) is 16.6 Å². The molecule has 35 heavy (non-hydrogen) atoms. The highest BCUT2D eigenvalue weighted by Crippen LogP contribution is 2.44. The number of carbonyl (C=O) groups excluding carboxylic acids is 2. The van der Waals surface area contributed by atoms with Crippen molar-refractivity contribution in [1.29, 1.82) is 0 Å². The molecule has 0 saturated carbocycles. The third kappa shape index (κ3) is 4.40. The number of nitrogens with zero attached hydrogens (tertiary/aromatic N) is 2. The highest BCUT2D eigenvalue weighted by atomic mass is 16.5. The van der Waals surface area contributed by atoms with Crippen LogP contribution in [0.4, 0.5) is 10.6 Å². The van der Waals surface area contributed by atoms with E-state index in [2.05, 4.69) is 27.9 Å². The first-order valence-corrected chi connectivity index (χ1v) is 11.3. The fourth-order valence-corrected chi connectivity index (χ4v) is 4.71. The third-order valence-corrected chi connectivity index (χ3v) is 6.40. The highest BCUT2D eigenvalue weighted by Gasteiger charge is 2.29. The molecule has 1 aromatic heterocycles. The van der Waals surface area contributed by atoms with Crippen LogP contribution >= 0.6 is 0 Å². The Labute approximate surface area is 201 Å². The lowest BCUT2D eigenvalue weighted by Gasteiger charge is -2.14.